The van der Waals surface area contributed by atoms with Gasteiger partial charge in [0, 0.05) is 16.1 Å². The Kier molecular flexibility index (Phi) is 4.38. The number of halogens is 1. The van der Waals surface area contributed by atoms with E-state index >= 15 is 0 Å². The van der Waals surface area contributed by atoms with Crippen molar-refractivity contribution in [1.29, 1.82) is 0 Å². The molecular formula is C15H13ClN2O2. The summed E-state index contributed by atoms with van der Waals surface area (Å²) in [5.74, 6) is -0.254. The van der Waals surface area contributed by atoms with Crippen molar-refractivity contribution in [3.8, 4) is 5.75 Å². The molecule has 0 aromatic heterocycles. The molecule has 0 fully saturated rings. The van der Waals surface area contributed by atoms with Gasteiger partial charge < -0.3 is 5.11 Å². The summed E-state index contributed by atoms with van der Waals surface area (Å²) >= 11 is 5.87. The van der Waals surface area contributed by atoms with Gasteiger partial charge in [0.1, 0.15) is 5.75 Å². The van der Waals surface area contributed by atoms with Gasteiger partial charge in [0.05, 0.1) is 5.71 Å². The first-order valence-corrected chi connectivity index (χ1v) is 6.34. The Balaban J connectivity index is 2.15. The zero-order valence-corrected chi connectivity index (χ0v) is 11.6. The number of hydrogen-bond acceptors (Lipinski definition) is 3. The van der Waals surface area contributed by atoms with Crippen LogP contribution in [0.4, 0.5) is 0 Å². The molecule has 2 aromatic rings. The minimum atomic E-state index is -0.313. The number of hydrogen-bond donors (Lipinski definition) is 2. The SMILES string of the molecule is CC(=NNC(=O)c1ccccc1)c1cc(Cl)ccc1O. The van der Waals surface area contributed by atoms with Crippen LogP contribution in [-0.2, 0) is 0 Å². The normalized spacial score (nSPS) is 11.2. The number of rotatable bonds is 3. The maximum atomic E-state index is 11.8. The zero-order chi connectivity index (χ0) is 14.5. The zero-order valence-electron chi connectivity index (χ0n) is 10.8. The Morgan fingerprint density at radius 1 is 1.20 bits per heavy atom. The molecule has 0 heterocycles. The predicted molar refractivity (Wildman–Crippen MR) is 79.2 cm³/mol. The average molecular weight is 289 g/mol. The van der Waals surface area contributed by atoms with E-state index in [9.17, 15) is 9.90 Å². The van der Waals surface area contributed by atoms with Gasteiger partial charge in [-0.1, -0.05) is 29.8 Å². The Morgan fingerprint density at radius 2 is 1.90 bits per heavy atom. The lowest BCUT2D eigenvalue weighted by atomic mass is 10.1. The molecule has 0 saturated heterocycles. The van der Waals surface area contributed by atoms with Gasteiger partial charge >= 0.3 is 0 Å². The lowest BCUT2D eigenvalue weighted by molar-refractivity contribution is 0.0955. The van der Waals surface area contributed by atoms with Crippen molar-refractivity contribution in [2.24, 2.45) is 5.10 Å². The second-order valence-corrected chi connectivity index (χ2v) is 4.60. The number of phenols is 1. The number of nitrogens with one attached hydrogen (secondary N) is 1. The molecule has 0 atom stereocenters. The molecular weight excluding hydrogens is 276 g/mol. The number of nitrogens with zero attached hydrogens (tertiary/aromatic N) is 1. The molecule has 4 nitrogen and oxygen atoms in total. The molecule has 102 valence electrons. The summed E-state index contributed by atoms with van der Waals surface area (Å²) in [4.78, 5) is 11.8. The number of carbonyl (C=O) groups is 1. The van der Waals surface area contributed by atoms with Gasteiger partial charge in [0.2, 0.25) is 0 Å². The standard InChI is InChI=1S/C15H13ClN2O2/c1-10(13-9-12(16)7-8-14(13)19)17-18-15(20)11-5-3-2-4-6-11/h2-9,19H,1H3,(H,18,20). The first-order valence-electron chi connectivity index (χ1n) is 5.96. The fourth-order valence-electron chi connectivity index (χ4n) is 1.65. The molecule has 0 saturated carbocycles. The highest BCUT2D eigenvalue weighted by Gasteiger charge is 2.07. The second kappa shape index (κ2) is 6.21. The van der Waals surface area contributed by atoms with E-state index in [2.05, 4.69) is 10.5 Å². The Bertz CT molecular complexity index is 654. The number of carbonyl (C=O) groups excluding carboxylic acids is 1. The summed E-state index contributed by atoms with van der Waals surface area (Å²) in [5.41, 5.74) is 3.90. The van der Waals surface area contributed by atoms with Crippen molar-refractivity contribution >= 4 is 23.2 Å². The largest absolute Gasteiger partial charge is 0.507 e. The van der Waals surface area contributed by atoms with Crippen LogP contribution < -0.4 is 5.43 Å². The van der Waals surface area contributed by atoms with Crippen molar-refractivity contribution in [2.45, 2.75) is 6.92 Å². The molecule has 20 heavy (non-hydrogen) atoms. The summed E-state index contributed by atoms with van der Waals surface area (Å²) in [7, 11) is 0. The van der Waals surface area contributed by atoms with E-state index in [0.29, 0.717) is 21.9 Å². The summed E-state index contributed by atoms with van der Waals surface area (Å²) in [6, 6.07) is 13.4. The van der Waals surface area contributed by atoms with Crippen molar-refractivity contribution < 1.29 is 9.90 Å². The van der Waals surface area contributed by atoms with Crippen molar-refractivity contribution in [3.63, 3.8) is 0 Å². The van der Waals surface area contributed by atoms with Crippen LogP contribution >= 0.6 is 11.6 Å². The Hall–Kier alpha value is -2.33. The van der Waals surface area contributed by atoms with Crippen LogP contribution in [0, 0.1) is 0 Å². The maximum Gasteiger partial charge on any atom is 0.271 e. The molecule has 2 rings (SSSR count). The third-order valence-electron chi connectivity index (χ3n) is 2.71. The molecule has 2 N–H and O–H groups in total. The average Bonchev–Trinajstić information content (AvgIpc) is 2.47. The van der Waals surface area contributed by atoms with E-state index in [0.717, 1.165) is 0 Å². The minimum Gasteiger partial charge on any atom is -0.507 e. The molecule has 0 bridgehead atoms. The van der Waals surface area contributed by atoms with E-state index in [-0.39, 0.29) is 11.7 Å². The van der Waals surface area contributed by atoms with Gasteiger partial charge in [-0.3, -0.25) is 4.79 Å². The van der Waals surface area contributed by atoms with Gasteiger partial charge in [-0.15, -0.1) is 0 Å². The van der Waals surface area contributed by atoms with Gasteiger partial charge in [-0.2, -0.15) is 5.10 Å². The minimum absolute atomic E-state index is 0.0598. The highest BCUT2D eigenvalue weighted by atomic mass is 35.5. The first-order chi connectivity index (χ1) is 9.58. The molecule has 2 aromatic carbocycles. The Morgan fingerprint density at radius 3 is 2.60 bits per heavy atom. The predicted octanol–water partition coefficient (Wildman–Crippen LogP) is 3.20. The number of benzene rings is 2. The molecule has 0 aliphatic carbocycles. The molecule has 0 spiro atoms. The lowest BCUT2D eigenvalue weighted by Crippen LogP contribution is -2.19. The summed E-state index contributed by atoms with van der Waals surface area (Å²) in [6.07, 6.45) is 0. The van der Waals surface area contributed by atoms with E-state index < -0.39 is 0 Å². The van der Waals surface area contributed by atoms with Crippen LogP contribution in [0.5, 0.6) is 5.75 Å². The van der Waals surface area contributed by atoms with Crippen LogP contribution in [0.3, 0.4) is 0 Å². The monoisotopic (exact) mass is 288 g/mol. The van der Waals surface area contributed by atoms with Crippen LogP contribution in [0.15, 0.2) is 53.6 Å². The number of phenolic OH excluding ortho intramolecular Hbond substituents is 1. The fraction of sp³-hybridized carbons (Fsp3) is 0.0667. The Labute approximate surface area is 121 Å². The van der Waals surface area contributed by atoms with Crippen molar-refractivity contribution in [3.05, 3.63) is 64.7 Å². The van der Waals surface area contributed by atoms with Gasteiger partial charge in [0.15, 0.2) is 0 Å². The van der Waals surface area contributed by atoms with Gasteiger partial charge in [-0.25, -0.2) is 5.43 Å². The van der Waals surface area contributed by atoms with E-state index in [1.54, 1.807) is 43.3 Å². The molecule has 0 radical (unpaired) electrons. The van der Waals surface area contributed by atoms with E-state index in [4.69, 9.17) is 11.6 Å². The van der Waals surface area contributed by atoms with Crippen LogP contribution in [0.1, 0.15) is 22.8 Å². The topological polar surface area (TPSA) is 61.7 Å². The molecule has 1 amide bonds. The molecule has 0 unspecified atom stereocenters. The first kappa shape index (κ1) is 14.1. The lowest BCUT2D eigenvalue weighted by Gasteiger charge is -2.05. The van der Waals surface area contributed by atoms with Gasteiger partial charge in [0.25, 0.3) is 5.91 Å². The van der Waals surface area contributed by atoms with Crippen molar-refractivity contribution in [2.75, 3.05) is 0 Å². The highest BCUT2D eigenvalue weighted by Crippen LogP contribution is 2.21. The smallest absolute Gasteiger partial charge is 0.271 e. The number of aromatic hydroxyl groups is 1. The molecule has 0 aliphatic heterocycles. The van der Waals surface area contributed by atoms with Crippen molar-refractivity contribution in [1.82, 2.24) is 5.43 Å². The fourth-order valence-corrected chi connectivity index (χ4v) is 1.82. The quantitative estimate of drug-likeness (QED) is 0.673. The van der Waals surface area contributed by atoms with Crippen LogP contribution in [0.2, 0.25) is 5.02 Å². The second-order valence-electron chi connectivity index (χ2n) is 4.17. The summed E-state index contributed by atoms with van der Waals surface area (Å²) in [5, 5.41) is 14.2. The van der Waals surface area contributed by atoms with Gasteiger partial charge in [-0.05, 0) is 37.3 Å². The highest BCUT2D eigenvalue weighted by molar-refractivity contribution is 6.31. The number of hydrazone groups is 1. The number of amides is 1. The molecule has 5 heteroatoms. The van der Waals surface area contributed by atoms with E-state index in [1.165, 1.54) is 6.07 Å². The molecule has 0 aliphatic rings. The third-order valence-corrected chi connectivity index (χ3v) is 2.94. The maximum absolute atomic E-state index is 11.8. The summed E-state index contributed by atoms with van der Waals surface area (Å²) in [6.45, 7) is 1.68. The third kappa shape index (κ3) is 3.36. The van der Waals surface area contributed by atoms with E-state index in [1.807, 2.05) is 6.07 Å². The van der Waals surface area contributed by atoms with Crippen LogP contribution in [0.25, 0.3) is 0 Å². The van der Waals surface area contributed by atoms with Crippen LogP contribution in [-0.4, -0.2) is 16.7 Å². The summed E-state index contributed by atoms with van der Waals surface area (Å²) < 4.78 is 0.